The minimum Gasteiger partial charge on any atom is -0.488 e. The monoisotopic (exact) mass is 622 g/mol. The minimum absolute atomic E-state index is 0.0600. The van der Waals surface area contributed by atoms with Crippen LogP contribution in [-0.2, 0) is 11.4 Å². The number of amidine groups is 1. The molecule has 0 bridgehead atoms. The van der Waals surface area contributed by atoms with Gasteiger partial charge in [0.15, 0.2) is 5.17 Å². The minimum atomic E-state index is -0.0600. The van der Waals surface area contributed by atoms with Crippen LogP contribution in [0.25, 0.3) is 6.08 Å². The highest BCUT2D eigenvalue weighted by molar-refractivity contribution is 9.10. The summed E-state index contributed by atoms with van der Waals surface area (Å²) in [7, 11) is 0. The lowest BCUT2D eigenvalue weighted by Gasteiger charge is -2.17. The molecule has 1 saturated heterocycles. The molecule has 36 heavy (non-hydrogen) atoms. The number of carbonyl (C=O) groups is 1. The van der Waals surface area contributed by atoms with E-state index in [1.165, 1.54) is 11.8 Å². The SMILES string of the molecule is CC(C)CN1C(=O)/C(=C/c2ccc(OCc3ccc(Cl)cc3Cl)c(Br)c2)SC1=Nc1ccc(Cl)cc1. The van der Waals surface area contributed by atoms with Crippen molar-refractivity contribution in [1.29, 1.82) is 0 Å². The number of hydrogen-bond acceptors (Lipinski definition) is 4. The van der Waals surface area contributed by atoms with Gasteiger partial charge in [-0.1, -0.05) is 60.8 Å². The van der Waals surface area contributed by atoms with Gasteiger partial charge in [-0.3, -0.25) is 9.69 Å². The molecule has 1 aliphatic heterocycles. The Balaban J connectivity index is 1.54. The van der Waals surface area contributed by atoms with Crippen LogP contribution in [0.3, 0.4) is 0 Å². The van der Waals surface area contributed by atoms with Gasteiger partial charge in [0, 0.05) is 27.2 Å². The van der Waals surface area contributed by atoms with Crippen LogP contribution in [0.15, 0.2) is 75.0 Å². The van der Waals surface area contributed by atoms with Gasteiger partial charge in [-0.15, -0.1) is 0 Å². The van der Waals surface area contributed by atoms with Crippen molar-refractivity contribution in [2.45, 2.75) is 20.5 Å². The zero-order chi connectivity index (χ0) is 25.8. The standard InChI is InChI=1S/C27H22BrCl3N2O2S/c1-16(2)14-33-26(34)25(36-27(33)32-21-8-6-19(29)7-9-21)12-17-3-10-24(22(28)11-17)35-15-18-4-5-20(30)13-23(18)31/h3-13,16H,14-15H2,1-2H3/b25-12-,32-27?. The molecule has 0 aromatic heterocycles. The fraction of sp³-hybridized carbons (Fsp3) is 0.185. The van der Waals surface area contributed by atoms with Crippen LogP contribution in [0.1, 0.15) is 25.0 Å². The Bertz CT molecular complexity index is 1340. The Morgan fingerprint density at radius 2 is 1.75 bits per heavy atom. The number of thioether (sulfide) groups is 1. The zero-order valence-electron chi connectivity index (χ0n) is 19.5. The lowest BCUT2D eigenvalue weighted by molar-refractivity contribution is -0.122. The first-order valence-electron chi connectivity index (χ1n) is 11.1. The van der Waals surface area contributed by atoms with Crippen LogP contribution >= 0.6 is 62.5 Å². The first-order chi connectivity index (χ1) is 17.2. The van der Waals surface area contributed by atoms with E-state index in [0.717, 1.165) is 21.3 Å². The molecule has 0 atom stereocenters. The topological polar surface area (TPSA) is 41.9 Å². The molecule has 3 aromatic rings. The third kappa shape index (κ3) is 6.87. The van der Waals surface area contributed by atoms with E-state index in [-0.39, 0.29) is 5.91 Å². The van der Waals surface area contributed by atoms with Crippen molar-refractivity contribution in [1.82, 2.24) is 4.90 Å². The summed E-state index contributed by atoms with van der Waals surface area (Å²) in [5.41, 5.74) is 2.45. The summed E-state index contributed by atoms with van der Waals surface area (Å²) < 4.78 is 6.71. The van der Waals surface area contributed by atoms with Crippen molar-refractivity contribution >= 4 is 85.3 Å². The molecule has 0 N–H and O–H groups in total. The quantitative estimate of drug-likeness (QED) is 0.246. The second-order valence-corrected chi connectivity index (χ2v) is 11.6. The molecule has 1 fully saturated rings. The van der Waals surface area contributed by atoms with E-state index >= 15 is 0 Å². The highest BCUT2D eigenvalue weighted by atomic mass is 79.9. The highest BCUT2D eigenvalue weighted by Crippen LogP contribution is 2.36. The smallest absolute Gasteiger partial charge is 0.266 e. The number of nitrogens with zero attached hydrogens (tertiary/aromatic N) is 2. The lowest BCUT2D eigenvalue weighted by atomic mass is 10.2. The predicted molar refractivity (Wildman–Crippen MR) is 156 cm³/mol. The van der Waals surface area contributed by atoms with Crippen molar-refractivity contribution in [3.63, 3.8) is 0 Å². The summed E-state index contributed by atoms with van der Waals surface area (Å²) in [6, 6.07) is 18.2. The van der Waals surface area contributed by atoms with Gasteiger partial charge < -0.3 is 4.74 Å². The van der Waals surface area contributed by atoms with Crippen LogP contribution in [0.5, 0.6) is 5.75 Å². The normalized spacial score (nSPS) is 16.0. The second kappa shape index (κ2) is 12.1. The molecule has 186 valence electrons. The Morgan fingerprint density at radius 1 is 1.03 bits per heavy atom. The summed E-state index contributed by atoms with van der Waals surface area (Å²) in [4.78, 5) is 20.3. The lowest BCUT2D eigenvalue weighted by Crippen LogP contribution is -2.32. The predicted octanol–water partition coefficient (Wildman–Crippen LogP) is 9.25. The molecule has 3 aromatic carbocycles. The third-order valence-corrected chi connectivity index (χ3v) is 7.60. The van der Waals surface area contributed by atoms with Gasteiger partial charge in [-0.25, -0.2) is 4.99 Å². The van der Waals surface area contributed by atoms with Gasteiger partial charge in [0.1, 0.15) is 12.4 Å². The third-order valence-electron chi connectivity index (χ3n) is 5.14. The van der Waals surface area contributed by atoms with E-state index < -0.39 is 0 Å². The van der Waals surface area contributed by atoms with Crippen molar-refractivity contribution in [3.05, 3.63) is 96.2 Å². The van der Waals surface area contributed by atoms with E-state index in [9.17, 15) is 4.79 Å². The van der Waals surface area contributed by atoms with Crippen molar-refractivity contribution in [2.75, 3.05) is 6.54 Å². The van der Waals surface area contributed by atoms with Crippen LogP contribution in [-0.4, -0.2) is 22.5 Å². The van der Waals surface area contributed by atoms with E-state index in [2.05, 4.69) is 29.8 Å². The molecule has 1 amide bonds. The van der Waals surface area contributed by atoms with Crippen molar-refractivity contribution < 1.29 is 9.53 Å². The summed E-state index contributed by atoms with van der Waals surface area (Å²) in [6.45, 7) is 5.04. The van der Waals surface area contributed by atoms with Gasteiger partial charge >= 0.3 is 0 Å². The molecule has 1 heterocycles. The van der Waals surface area contributed by atoms with E-state index in [1.54, 1.807) is 29.2 Å². The largest absolute Gasteiger partial charge is 0.488 e. The zero-order valence-corrected chi connectivity index (χ0v) is 24.1. The van der Waals surface area contributed by atoms with Gasteiger partial charge in [0.25, 0.3) is 5.91 Å². The number of ether oxygens (including phenoxy) is 1. The second-order valence-electron chi connectivity index (χ2n) is 8.51. The van der Waals surface area contributed by atoms with Gasteiger partial charge in [-0.2, -0.15) is 0 Å². The highest BCUT2D eigenvalue weighted by Gasteiger charge is 2.33. The van der Waals surface area contributed by atoms with E-state index in [0.29, 0.717) is 50.0 Å². The number of amides is 1. The van der Waals surface area contributed by atoms with Crippen molar-refractivity contribution in [2.24, 2.45) is 10.9 Å². The first-order valence-corrected chi connectivity index (χ1v) is 13.9. The van der Waals surface area contributed by atoms with E-state index in [1.807, 2.05) is 42.5 Å². The number of halogens is 4. The molecule has 0 saturated carbocycles. The Morgan fingerprint density at radius 3 is 2.42 bits per heavy atom. The average Bonchev–Trinajstić information content (AvgIpc) is 3.09. The molecule has 9 heteroatoms. The number of hydrogen-bond donors (Lipinski definition) is 0. The van der Waals surface area contributed by atoms with Crippen molar-refractivity contribution in [3.8, 4) is 5.75 Å². The molecule has 0 aliphatic carbocycles. The molecule has 1 aliphatic rings. The number of benzene rings is 3. The van der Waals surface area contributed by atoms with E-state index in [4.69, 9.17) is 44.5 Å². The van der Waals surface area contributed by atoms with Gasteiger partial charge in [-0.05, 0) is 93.8 Å². The molecule has 0 radical (unpaired) electrons. The summed E-state index contributed by atoms with van der Waals surface area (Å²) in [6.07, 6.45) is 1.87. The molecule has 4 nitrogen and oxygen atoms in total. The molecule has 0 spiro atoms. The maximum absolute atomic E-state index is 13.2. The van der Waals surface area contributed by atoms with Crippen LogP contribution in [0.2, 0.25) is 15.1 Å². The first kappa shape index (κ1) is 27.1. The summed E-state index contributed by atoms with van der Waals surface area (Å²) in [5.74, 6) is 0.902. The Labute approximate surface area is 238 Å². The summed E-state index contributed by atoms with van der Waals surface area (Å²) >= 11 is 23.2. The molecule has 4 rings (SSSR count). The Hall–Kier alpha value is -1.96. The van der Waals surface area contributed by atoms with Gasteiger partial charge in [0.05, 0.1) is 15.1 Å². The number of carbonyl (C=O) groups excluding carboxylic acids is 1. The maximum atomic E-state index is 13.2. The summed E-state index contributed by atoms with van der Waals surface area (Å²) in [5, 5.41) is 2.43. The van der Waals surface area contributed by atoms with Gasteiger partial charge in [0.2, 0.25) is 0 Å². The number of aliphatic imine (C=N–C) groups is 1. The fourth-order valence-electron chi connectivity index (χ4n) is 3.41. The molecular weight excluding hydrogens is 603 g/mol. The average molecular weight is 625 g/mol. The number of rotatable bonds is 7. The van der Waals surface area contributed by atoms with Crippen LogP contribution in [0, 0.1) is 5.92 Å². The fourth-order valence-corrected chi connectivity index (χ4v) is 5.52. The van der Waals surface area contributed by atoms with Crippen LogP contribution < -0.4 is 4.74 Å². The molecular formula is C27H22BrCl3N2O2S. The Kier molecular flexibility index (Phi) is 9.07. The maximum Gasteiger partial charge on any atom is 0.266 e. The van der Waals surface area contributed by atoms with Crippen LogP contribution in [0.4, 0.5) is 5.69 Å². The molecule has 0 unspecified atom stereocenters.